The third-order valence-corrected chi connectivity index (χ3v) is 3.81. The molecule has 4 rings (SSSR count). The van der Waals surface area contributed by atoms with Gasteiger partial charge >= 0.3 is 0 Å². The van der Waals surface area contributed by atoms with Crippen LogP contribution in [0.3, 0.4) is 0 Å². The van der Waals surface area contributed by atoms with Gasteiger partial charge in [-0.15, -0.1) is 0 Å². The lowest BCUT2D eigenvalue weighted by Crippen LogP contribution is -1.91. The fourth-order valence-corrected chi connectivity index (χ4v) is 2.77. The molecule has 0 fully saturated rings. The van der Waals surface area contributed by atoms with Crippen molar-refractivity contribution >= 4 is 10.9 Å². The number of aryl methyl sites for hydroxylation is 1. The minimum Gasteiger partial charge on any atom is -0.274 e. The van der Waals surface area contributed by atoms with Crippen LogP contribution in [0.1, 0.15) is 0 Å². The van der Waals surface area contributed by atoms with Crippen LogP contribution < -0.4 is 0 Å². The summed E-state index contributed by atoms with van der Waals surface area (Å²) in [5, 5.41) is 5.12. The molecule has 0 amide bonds. The van der Waals surface area contributed by atoms with Gasteiger partial charge in [0.15, 0.2) is 0 Å². The number of para-hydroxylation sites is 1. The van der Waals surface area contributed by atoms with Crippen LogP contribution in [-0.4, -0.2) is 19.7 Å². The maximum atomic E-state index is 14.0. The molecule has 6 heteroatoms. The summed E-state index contributed by atoms with van der Waals surface area (Å²) < 4.78 is 28.8. The quantitative estimate of drug-likeness (QED) is 0.561. The van der Waals surface area contributed by atoms with Crippen LogP contribution in [0, 0.1) is 11.6 Å². The van der Waals surface area contributed by atoms with E-state index in [-0.39, 0.29) is 5.82 Å². The molecule has 3 aromatic heterocycles. The summed E-state index contributed by atoms with van der Waals surface area (Å²) in [5.74, 6) is -0.785. The molecule has 0 saturated heterocycles. The Bertz CT molecular complexity index is 1040. The summed E-state index contributed by atoms with van der Waals surface area (Å²) in [6, 6.07) is 9.57. The number of nitrogens with zero attached hydrogens (tertiary/aromatic N) is 4. The third-order valence-electron chi connectivity index (χ3n) is 3.81. The Morgan fingerprint density at radius 2 is 1.83 bits per heavy atom. The summed E-state index contributed by atoms with van der Waals surface area (Å²) >= 11 is 0. The van der Waals surface area contributed by atoms with Crippen molar-refractivity contribution in [2.45, 2.75) is 0 Å². The lowest BCUT2D eigenvalue weighted by Gasteiger charge is -2.07. The minimum atomic E-state index is -0.410. The van der Waals surface area contributed by atoms with Gasteiger partial charge < -0.3 is 0 Å². The second-order valence-corrected chi connectivity index (χ2v) is 5.42. The predicted molar refractivity (Wildman–Crippen MR) is 87.1 cm³/mol. The number of hydrogen-bond acceptors (Lipinski definition) is 3. The molecule has 0 aliphatic carbocycles. The number of aromatic nitrogens is 4. The summed E-state index contributed by atoms with van der Waals surface area (Å²) in [6.07, 6.45) is 4.55. The lowest BCUT2D eigenvalue weighted by atomic mass is 10.0. The predicted octanol–water partition coefficient (Wildman–Crippen LogP) is 3.98. The standard InChI is InChI=1S/C18H12F2N4/c1-24-10-14(18(23-24)16-6-5-11(19)9-22-16)12-7-8-21-17-13(12)3-2-4-15(17)20/h2-10H,1H3. The summed E-state index contributed by atoms with van der Waals surface area (Å²) in [4.78, 5) is 8.23. The van der Waals surface area contributed by atoms with Crippen molar-refractivity contribution in [3.05, 3.63) is 66.6 Å². The first-order valence-corrected chi connectivity index (χ1v) is 7.32. The van der Waals surface area contributed by atoms with Gasteiger partial charge in [0.2, 0.25) is 0 Å². The van der Waals surface area contributed by atoms with E-state index in [1.165, 1.54) is 12.1 Å². The SMILES string of the molecule is Cn1cc(-c2ccnc3c(F)cccc23)c(-c2ccc(F)cn2)n1. The third kappa shape index (κ3) is 2.32. The first-order chi connectivity index (χ1) is 11.6. The van der Waals surface area contributed by atoms with E-state index < -0.39 is 5.82 Å². The van der Waals surface area contributed by atoms with Crippen molar-refractivity contribution in [1.29, 1.82) is 0 Å². The van der Waals surface area contributed by atoms with Crippen LogP contribution in [0.2, 0.25) is 0 Å². The van der Waals surface area contributed by atoms with Crippen molar-refractivity contribution in [3.8, 4) is 22.5 Å². The molecular weight excluding hydrogens is 310 g/mol. The Hall–Kier alpha value is -3.15. The maximum absolute atomic E-state index is 14.0. The fraction of sp³-hybridized carbons (Fsp3) is 0.0556. The van der Waals surface area contributed by atoms with E-state index >= 15 is 0 Å². The van der Waals surface area contributed by atoms with Gasteiger partial charge in [0, 0.05) is 30.4 Å². The molecule has 0 spiro atoms. The van der Waals surface area contributed by atoms with E-state index in [0.29, 0.717) is 22.3 Å². The zero-order valence-corrected chi connectivity index (χ0v) is 12.7. The topological polar surface area (TPSA) is 43.6 Å². The second-order valence-electron chi connectivity index (χ2n) is 5.42. The molecule has 4 aromatic rings. The Balaban J connectivity index is 1.99. The Morgan fingerprint density at radius 3 is 2.62 bits per heavy atom. The Morgan fingerprint density at radius 1 is 0.958 bits per heavy atom. The molecule has 0 saturated carbocycles. The van der Waals surface area contributed by atoms with Gasteiger partial charge in [0.25, 0.3) is 0 Å². The molecule has 0 aliphatic rings. The number of hydrogen-bond donors (Lipinski definition) is 0. The Labute approximate surface area is 136 Å². The smallest absolute Gasteiger partial charge is 0.149 e. The van der Waals surface area contributed by atoms with Gasteiger partial charge in [0.05, 0.1) is 11.9 Å². The molecule has 0 bridgehead atoms. The van der Waals surface area contributed by atoms with Crippen molar-refractivity contribution in [2.75, 3.05) is 0 Å². The van der Waals surface area contributed by atoms with E-state index in [2.05, 4.69) is 15.1 Å². The molecule has 0 N–H and O–H groups in total. The highest BCUT2D eigenvalue weighted by Gasteiger charge is 2.16. The van der Waals surface area contributed by atoms with Crippen LogP contribution in [0.15, 0.2) is 55.0 Å². The van der Waals surface area contributed by atoms with Crippen LogP contribution >= 0.6 is 0 Å². The van der Waals surface area contributed by atoms with Gasteiger partial charge in [-0.1, -0.05) is 12.1 Å². The first-order valence-electron chi connectivity index (χ1n) is 7.32. The molecule has 0 atom stereocenters. The maximum Gasteiger partial charge on any atom is 0.149 e. The highest BCUT2D eigenvalue weighted by atomic mass is 19.1. The van der Waals surface area contributed by atoms with Gasteiger partial charge in [0.1, 0.15) is 22.8 Å². The van der Waals surface area contributed by atoms with Gasteiger partial charge in [-0.05, 0) is 29.8 Å². The van der Waals surface area contributed by atoms with Crippen molar-refractivity contribution in [1.82, 2.24) is 19.7 Å². The molecule has 118 valence electrons. The molecular formula is C18H12F2N4. The summed E-state index contributed by atoms with van der Waals surface area (Å²) in [6.45, 7) is 0. The van der Waals surface area contributed by atoms with Crippen LogP contribution in [0.5, 0.6) is 0 Å². The molecule has 3 heterocycles. The monoisotopic (exact) mass is 322 g/mol. The van der Waals surface area contributed by atoms with E-state index in [1.54, 1.807) is 30.1 Å². The number of halogens is 2. The number of pyridine rings is 2. The highest BCUT2D eigenvalue weighted by Crippen LogP contribution is 2.34. The molecule has 0 unspecified atom stereocenters. The van der Waals surface area contributed by atoms with E-state index in [9.17, 15) is 8.78 Å². The first kappa shape index (κ1) is 14.4. The van der Waals surface area contributed by atoms with Crippen LogP contribution in [0.4, 0.5) is 8.78 Å². The minimum absolute atomic E-state index is 0.303. The largest absolute Gasteiger partial charge is 0.274 e. The molecule has 0 radical (unpaired) electrons. The fourth-order valence-electron chi connectivity index (χ4n) is 2.77. The van der Waals surface area contributed by atoms with Crippen LogP contribution in [-0.2, 0) is 7.05 Å². The summed E-state index contributed by atoms with van der Waals surface area (Å²) in [5.41, 5.74) is 3.04. The Kier molecular flexibility index (Phi) is 3.30. The van der Waals surface area contributed by atoms with Crippen molar-refractivity contribution < 1.29 is 8.78 Å². The van der Waals surface area contributed by atoms with E-state index in [1.807, 2.05) is 18.3 Å². The lowest BCUT2D eigenvalue weighted by molar-refractivity contribution is 0.621. The number of benzene rings is 1. The van der Waals surface area contributed by atoms with Crippen molar-refractivity contribution in [3.63, 3.8) is 0 Å². The number of rotatable bonds is 2. The molecule has 1 aromatic carbocycles. The van der Waals surface area contributed by atoms with Crippen LogP contribution in [0.25, 0.3) is 33.4 Å². The van der Waals surface area contributed by atoms with E-state index in [0.717, 1.165) is 17.3 Å². The molecule has 0 aliphatic heterocycles. The zero-order valence-electron chi connectivity index (χ0n) is 12.7. The van der Waals surface area contributed by atoms with Gasteiger partial charge in [-0.25, -0.2) is 8.78 Å². The average molecular weight is 322 g/mol. The van der Waals surface area contributed by atoms with Crippen molar-refractivity contribution in [2.24, 2.45) is 7.05 Å². The molecule has 4 nitrogen and oxygen atoms in total. The van der Waals surface area contributed by atoms with E-state index in [4.69, 9.17) is 0 Å². The summed E-state index contributed by atoms with van der Waals surface area (Å²) in [7, 11) is 1.79. The zero-order chi connectivity index (χ0) is 16.7. The van der Waals surface area contributed by atoms with Gasteiger partial charge in [-0.3, -0.25) is 14.6 Å². The highest BCUT2D eigenvalue weighted by molar-refractivity contribution is 5.97. The second kappa shape index (κ2) is 5.49. The normalized spacial score (nSPS) is 11.1. The molecule has 24 heavy (non-hydrogen) atoms. The average Bonchev–Trinajstić information content (AvgIpc) is 2.97. The van der Waals surface area contributed by atoms with Gasteiger partial charge in [-0.2, -0.15) is 5.10 Å². The number of fused-ring (bicyclic) bond motifs is 1.